The van der Waals surface area contributed by atoms with Gasteiger partial charge in [0.15, 0.2) is 11.8 Å². The van der Waals surface area contributed by atoms with Crippen LogP contribution in [0.5, 0.6) is 0 Å². The fraction of sp³-hybridized carbons (Fsp3) is 0.333. The van der Waals surface area contributed by atoms with Crippen molar-refractivity contribution in [3.05, 3.63) is 22.8 Å². The number of fused-ring (bicyclic) bond motifs is 1. The van der Waals surface area contributed by atoms with E-state index in [9.17, 15) is 13.2 Å². The molecule has 2 rings (SSSR count). The molecule has 0 bridgehead atoms. The fourth-order valence-electron chi connectivity index (χ4n) is 1.25. The Labute approximate surface area is 108 Å². The summed E-state index contributed by atoms with van der Waals surface area (Å²) in [5.74, 6) is 0.0187. The van der Waals surface area contributed by atoms with Crippen LogP contribution in [0, 0.1) is 0 Å². The van der Waals surface area contributed by atoms with E-state index in [1.807, 2.05) is 0 Å². The standard InChI is InChI=1S/C9H8BrF3N4O/c10-5-2-1-3-17-7(5)15-8(16-17)14-4-6(18)9(11,12)13/h1-3,6,18H,4H2,(H,14,16). The van der Waals surface area contributed by atoms with Crippen molar-refractivity contribution in [2.24, 2.45) is 0 Å². The SMILES string of the molecule is OC(CNc1nc2c(Br)cccn2n1)C(F)(F)F. The number of aliphatic hydroxyl groups is 1. The summed E-state index contributed by atoms with van der Waals surface area (Å²) in [5, 5.41) is 15.1. The molecule has 0 aromatic carbocycles. The molecule has 0 saturated heterocycles. The Bertz CT molecular complexity index is 556. The molecule has 0 amide bonds. The van der Waals surface area contributed by atoms with E-state index in [1.165, 1.54) is 4.52 Å². The molecule has 2 heterocycles. The fourth-order valence-corrected chi connectivity index (χ4v) is 1.68. The Hall–Kier alpha value is -1.35. The number of hydrogen-bond donors (Lipinski definition) is 2. The molecular weight excluding hydrogens is 317 g/mol. The van der Waals surface area contributed by atoms with Gasteiger partial charge in [-0.1, -0.05) is 0 Å². The Kier molecular flexibility index (Phi) is 3.44. The lowest BCUT2D eigenvalue weighted by atomic mass is 10.3. The molecule has 0 aliphatic carbocycles. The predicted octanol–water partition coefficient (Wildman–Crippen LogP) is 1.83. The summed E-state index contributed by atoms with van der Waals surface area (Å²) in [6.07, 6.45) is -5.50. The van der Waals surface area contributed by atoms with E-state index in [2.05, 4.69) is 31.3 Å². The number of nitrogens with zero attached hydrogens (tertiary/aromatic N) is 3. The van der Waals surface area contributed by atoms with Gasteiger partial charge in [-0.3, -0.25) is 0 Å². The number of alkyl halides is 3. The van der Waals surface area contributed by atoms with Crippen molar-refractivity contribution in [2.45, 2.75) is 12.3 Å². The quantitative estimate of drug-likeness (QED) is 0.904. The smallest absolute Gasteiger partial charge is 0.382 e. The lowest BCUT2D eigenvalue weighted by Crippen LogP contribution is -2.35. The van der Waals surface area contributed by atoms with Crippen LogP contribution in [0.3, 0.4) is 0 Å². The molecule has 1 atom stereocenters. The second-order valence-electron chi connectivity index (χ2n) is 3.50. The van der Waals surface area contributed by atoms with Gasteiger partial charge in [0, 0.05) is 6.20 Å². The first-order valence-electron chi connectivity index (χ1n) is 4.87. The Balaban J connectivity index is 2.11. The Morgan fingerprint density at radius 2 is 2.22 bits per heavy atom. The van der Waals surface area contributed by atoms with Crippen LogP contribution in [-0.4, -0.2) is 38.5 Å². The molecule has 5 nitrogen and oxygen atoms in total. The van der Waals surface area contributed by atoms with Crippen LogP contribution in [0.15, 0.2) is 22.8 Å². The molecule has 1 unspecified atom stereocenters. The van der Waals surface area contributed by atoms with Gasteiger partial charge in [-0.15, -0.1) is 5.10 Å². The number of halogens is 4. The first-order chi connectivity index (χ1) is 8.38. The Morgan fingerprint density at radius 3 is 2.83 bits per heavy atom. The highest BCUT2D eigenvalue weighted by Gasteiger charge is 2.38. The summed E-state index contributed by atoms with van der Waals surface area (Å²) in [4.78, 5) is 3.98. The second kappa shape index (κ2) is 4.73. The molecule has 0 fully saturated rings. The molecule has 0 saturated carbocycles. The number of nitrogens with one attached hydrogen (secondary N) is 1. The van der Waals surface area contributed by atoms with Gasteiger partial charge in [0.2, 0.25) is 5.95 Å². The highest BCUT2D eigenvalue weighted by atomic mass is 79.9. The van der Waals surface area contributed by atoms with E-state index in [-0.39, 0.29) is 5.95 Å². The van der Waals surface area contributed by atoms with Crippen LogP contribution in [0.25, 0.3) is 5.65 Å². The van der Waals surface area contributed by atoms with E-state index in [4.69, 9.17) is 5.11 Å². The molecule has 0 spiro atoms. The van der Waals surface area contributed by atoms with Crippen molar-refractivity contribution in [3.63, 3.8) is 0 Å². The van der Waals surface area contributed by atoms with Gasteiger partial charge < -0.3 is 10.4 Å². The number of hydrogen-bond acceptors (Lipinski definition) is 4. The normalized spacial score (nSPS) is 13.8. The van der Waals surface area contributed by atoms with Gasteiger partial charge >= 0.3 is 6.18 Å². The maximum atomic E-state index is 12.1. The molecule has 2 N–H and O–H groups in total. The van der Waals surface area contributed by atoms with Crippen LogP contribution in [-0.2, 0) is 0 Å². The van der Waals surface area contributed by atoms with Crippen LogP contribution >= 0.6 is 15.9 Å². The number of aliphatic hydroxyl groups excluding tert-OH is 1. The first kappa shape index (κ1) is 13.1. The van der Waals surface area contributed by atoms with E-state index in [0.29, 0.717) is 10.1 Å². The summed E-state index contributed by atoms with van der Waals surface area (Å²) in [5.41, 5.74) is 0.474. The van der Waals surface area contributed by atoms with Crippen LogP contribution < -0.4 is 5.32 Å². The van der Waals surface area contributed by atoms with Crippen molar-refractivity contribution in [2.75, 3.05) is 11.9 Å². The molecule has 0 aliphatic rings. The van der Waals surface area contributed by atoms with Crippen molar-refractivity contribution < 1.29 is 18.3 Å². The topological polar surface area (TPSA) is 62.5 Å². The molecule has 2 aromatic rings. The van der Waals surface area contributed by atoms with Crippen LogP contribution in [0.4, 0.5) is 19.1 Å². The average Bonchev–Trinajstić information content (AvgIpc) is 2.69. The van der Waals surface area contributed by atoms with Gasteiger partial charge in [0.25, 0.3) is 0 Å². The van der Waals surface area contributed by atoms with Gasteiger partial charge in [-0.25, -0.2) is 4.52 Å². The average molecular weight is 325 g/mol. The van der Waals surface area contributed by atoms with Gasteiger partial charge in [-0.2, -0.15) is 18.2 Å². The first-order valence-corrected chi connectivity index (χ1v) is 5.67. The molecule has 98 valence electrons. The summed E-state index contributed by atoms with van der Waals surface area (Å²) in [7, 11) is 0. The number of rotatable bonds is 3. The minimum Gasteiger partial charge on any atom is -0.382 e. The zero-order chi connectivity index (χ0) is 13.3. The van der Waals surface area contributed by atoms with Gasteiger partial charge in [-0.05, 0) is 28.1 Å². The van der Waals surface area contributed by atoms with Gasteiger partial charge in [0.1, 0.15) is 0 Å². The van der Waals surface area contributed by atoms with Gasteiger partial charge in [0.05, 0.1) is 11.0 Å². The second-order valence-corrected chi connectivity index (χ2v) is 4.35. The third kappa shape index (κ3) is 2.72. The van der Waals surface area contributed by atoms with Crippen molar-refractivity contribution in [3.8, 4) is 0 Å². The predicted molar refractivity (Wildman–Crippen MR) is 61.2 cm³/mol. The summed E-state index contributed by atoms with van der Waals surface area (Å²) in [6.45, 7) is -0.696. The third-order valence-corrected chi connectivity index (χ3v) is 2.77. The summed E-state index contributed by atoms with van der Waals surface area (Å²) < 4.78 is 38.3. The van der Waals surface area contributed by atoms with Crippen molar-refractivity contribution >= 4 is 27.5 Å². The maximum Gasteiger partial charge on any atom is 0.416 e. The molecule has 0 aliphatic heterocycles. The number of aromatic nitrogens is 3. The van der Waals surface area contributed by atoms with Crippen molar-refractivity contribution in [1.29, 1.82) is 0 Å². The molecule has 2 aromatic heterocycles. The number of pyridine rings is 1. The van der Waals surface area contributed by atoms with E-state index >= 15 is 0 Å². The van der Waals surface area contributed by atoms with E-state index in [1.54, 1.807) is 18.3 Å². The summed E-state index contributed by atoms with van der Waals surface area (Å²) >= 11 is 3.24. The minimum absolute atomic E-state index is 0.0187. The monoisotopic (exact) mass is 324 g/mol. The zero-order valence-corrected chi connectivity index (χ0v) is 10.4. The van der Waals surface area contributed by atoms with Crippen LogP contribution in [0.2, 0.25) is 0 Å². The zero-order valence-electron chi connectivity index (χ0n) is 8.82. The molecule has 18 heavy (non-hydrogen) atoms. The lowest BCUT2D eigenvalue weighted by Gasteiger charge is -2.13. The van der Waals surface area contributed by atoms with E-state index in [0.717, 1.165) is 0 Å². The third-order valence-electron chi connectivity index (χ3n) is 2.15. The highest BCUT2D eigenvalue weighted by molar-refractivity contribution is 9.10. The molecule has 0 radical (unpaired) electrons. The lowest BCUT2D eigenvalue weighted by molar-refractivity contribution is -0.198. The molecule has 9 heteroatoms. The van der Waals surface area contributed by atoms with E-state index < -0.39 is 18.8 Å². The number of anilines is 1. The minimum atomic E-state index is -4.66. The highest BCUT2D eigenvalue weighted by Crippen LogP contribution is 2.20. The summed E-state index contributed by atoms with van der Waals surface area (Å²) in [6, 6.07) is 3.44. The van der Waals surface area contributed by atoms with Crippen molar-refractivity contribution in [1.82, 2.24) is 14.6 Å². The largest absolute Gasteiger partial charge is 0.416 e. The maximum absolute atomic E-state index is 12.1. The Morgan fingerprint density at radius 1 is 1.50 bits per heavy atom. The van der Waals surface area contributed by atoms with Crippen LogP contribution in [0.1, 0.15) is 0 Å². The molecular formula is C9H8BrF3N4O.